The number of anilines is 1. The fourth-order valence-corrected chi connectivity index (χ4v) is 1.83. The number of imidazole rings is 1. The molecule has 3 N–H and O–H groups in total. The molecule has 6 heteroatoms. The number of carbonyl (C=O) groups is 1. The van der Waals surface area contributed by atoms with Crippen LogP contribution < -0.4 is 15.8 Å². The quantitative estimate of drug-likeness (QED) is 0.569. The topological polar surface area (TPSA) is 82.2 Å². The minimum Gasteiger partial charge on any atom is -0.484 e. The van der Waals surface area contributed by atoms with Crippen LogP contribution in [0.3, 0.4) is 0 Å². The smallest absolute Gasteiger partial charge is 0.257 e. The van der Waals surface area contributed by atoms with Crippen molar-refractivity contribution < 1.29 is 9.53 Å². The number of nitrogens with zero attached hydrogens (tertiary/aromatic N) is 2. The lowest BCUT2D eigenvalue weighted by atomic mass is 10.3. The number of nitrogens with two attached hydrogens (primary N) is 1. The Bertz CT molecular complexity index is 537. The highest BCUT2D eigenvalue weighted by Crippen LogP contribution is 2.12. The largest absolute Gasteiger partial charge is 0.484 e. The molecule has 0 saturated heterocycles. The number of benzene rings is 1. The van der Waals surface area contributed by atoms with Gasteiger partial charge in [0.25, 0.3) is 5.91 Å². The van der Waals surface area contributed by atoms with Crippen LogP contribution in [-0.4, -0.2) is 28.6 Å². The molecular formula is C15H20N4O2. The Morgan fingerprint density at radius 3 is 2.81 bits per heavy atom. The number of hydrogen-bond acceptors (Lipinski definition) is 4. The predicted molar refractivity (Wildman–Crippen MR) is 80.8 cm³/mol. The van der Waals surface area contributed by atoms with Crippen LogP contribution in [0.2, 0.25) is 0 Å². The van der Waals surface area contributed by atoms with Gasteiger partial charge in [0.05, 0.1) is 6.33 Å². The van der Waals surface area contributed by atoms with Crippen molar-refractivity contribution in [3.05, 3.63) is 43.0 Å². The summed E-state index contributed by atoms with van der Waals surface area (Å²) in [5.41, 5.74) is 6.24. The Morgan fingerprint density at radius 2 is 2.10 bits per heavy atom. The first kappa shape index (κ1) is 14.9. The van der Waals surface area contributed by atoms with Crippen molar-refractivity contribution in [3.63, 3.8) is 0 Å². The highest BCUT2D eigenvalue weighted by Gasteiger charge is 2.02. The molecule has 112 valence electrons. The average molecular weight is 288 g/mol. The van der Waals surface area contributed by atoms with Crippen molar-refractivity contribution in [1.82, 2.24) is 14.9 Å². The molecule has 0 aliphatic heterocycles. The summed E-state index contributed by atoms with van der Waals surface area (Å²) in [6.45, 7) is 1.59. The van der Waals surface area contributed by atoms with E-state index in [2.05, 4.69) is 10.3 Å². The minimum absolute atomic E-state index is 0.0193. The fourth-order valence-electron chi connectivity index (χ4n) is 1.83. The van der Waals surface area contributed by atoms with E-state index in [-0.39, 0.29) is 12.5 Å². The molecule has 0 unspecified atom stereocenters. The highest BCUT2D eigenvalue weighted by atomic mass is 16.5. The Balaban J connectivity index is 1.54. The van der Waals surface area contributed by atoms with E-state index in [0.29, 0.717) is 18.0 Å². The van der Waals surface area contributed by atoms with Crippen molar-refractivity contribution >= 4 is 11.6 Å². The van der Waals surface area contributed by atoms with E-state index in [1.54, 1.807) is 36.8 Å². The monoisotopic (exact) mass is 288 g/mol. The number of nitrogens with one attached hydrogen (secondary N) is 1. The van der Waals surface area contributed by atoms with Gasteiger partial charge in [0.1, 0.15) is 5.75 Å². The maximum atomic E-state index is 11.6. The lowest BCUT2D eigenvalue weighted by Gasteiger charge is -2.08. The van der Waals surface area contributed by atoms with Gasteiger partial charge < -0.3 is 20.4 Å². The first-order valence-electron chi connectivity index (χ1n) is 6.95. The molecule has 0 spiro atoms. The fraction of sp³-hybridized carbons (Fsp3) is 0.333. The molecule has 6 nitrogen and oxygen atoms in total. The van der Waals surface area contributed by atoms with Crippen LogP contribution >= 0.6 is 0 Å². The summed E-state index contributed by atoms with van der Waals surface area (Å²) in [6, 6.07) is 6.97. The molecule has 0 aliphatic rings. The van der Waals surface area contributed by atoms with Crippen LogP contribution in [0.1, 0.15) is 12.8 Å². The lowest BCUT2D eigenvalue weighted by Crippen LogP contribution is -2.29. The van der Waals surface area contributed by atoms with E-state index in [1.165, 1.54) is 0 Å². The van der Waals surface area contributed by atoms with Crippen molar-refractivity contribution in [3.8, 4) is 5.75 Å². The Morgan fingerprint density at radius 1 is 1.29 bits per heavy atom. The van der Waals surface area contributed by atoms with E-state index in [9.17, 15) is 4.79 Å². The number of amides is 1. The zero-order chi connectivity index (χ0) is 14.9. The summed E-state index contributed by atoms with van der Waals surface area (Å²) in [5.74, 6) is 0.522. The van der Waals surface area contributed by atoms with Crippen molar-refractivity contribution in [2.75, 3.05) is 18.9 Å². The zero-order valence-electron chi connectivity index (χ0n) is 11.9. The highest BCUT2D eigenvalue weighted by molar-refractivity contribution is 5.77. The van der Waals surface area contributed by atoms with Crippen molar-refractivity contribution in [2.45, 2.75) is 19.4 Å². The standard InChI is InChI=1S/C15H20N4O2/c16-13-3-5-14(6-4-13)21-11-15(20)18-7-1-2-9-19-10-8-17-12-19/h3-6,8,10,12H,1-2,7,9,11,16H2,(H,18,20). The molecule has 0 aliphatic carbocycles. The third kappa shape index (κ3) is 5.56. The SMILES string of the molecule is Nc1ccc(OCC(=O)NCCCCn2ccnc2)cc1. The van der Waals surface area contributed by atoms with Crippen LogP contribution in [0.25, 0.3) is 0 Å². The number of rotatable bonds is 8. The molecule has 0 radical (unpaired) electrons. The van der Waals surface area contributed by atoms with Gasteiger partial charge in [-0.1, -0.05) is 0 Å². The van der Waals surface area contributed by atoms with E-state index in [0.717, 1.165) is 19.4 Å². The molecule has 2 rings (SSSR count). The molecule has 1 amide bonds. The molecule has 2 aromatic rings. The number of carbonyl (C=O) groups excluding carboxylic acids is 1. The van der Waals surface area contributed by atoms with Gasteiger partial charge in [-0.2, -0.15) is 0 Å². The van der Waals surface area contributed by atoms with Gasteiger partial charge in [0, 0.05) is 31.2 Å². The van der Waals surface area contributed by atoms with E-state index < -0.39 is 0 Å². The van der Waals surface area contributed by atoms with Crippen LogP contribution in [-0.2, 0) is 11.3 Å². The number of unbranched alkanes of at least 4 members (excludes halogenated alkanes) is 1. The summed E-state index contributed by atoms with van der Waals surface area (Å²) < 4.78 is 7.38. The molecule has 0 atom stereocenters. The van der Waals surface area contributed by atoms with Gasteiger partial charge in [0.2, 0.25) is 0 Å². The summed E-state index contributed by atoms with van der Waals surface area (Å²) in [6.07, 6.45) is 7.40. The van der Waals surface area contributed by atoms with Crippen molar-refractivity contribution in [2.24, 2.45) is 0 Å². The second-order valence-corrected chi connectivity index (χ2v) is 4.72. The number of nitrogen functional groups attached to an aromatic ring is 1. The Kier molecular flexibility index (Phi) is 5.63. The lowest BCUT2D eigenvalue weighted by molar-refractivity contribution is -0.123. The van der Waals surface area contributed by atoms with Crippen molar-refractivity contribution in [1.29, 1.82) is 0 Å². The summed E-state index contributed by atoms with van der Waals surface area (Å²) in [7, 11) is 0. The summed E-state index contributed by atoms with van der Waals surface area (Å²) >= 11 is 0. The third-order valence-corrected chi connectivity index (χ3v) is 2.97. The Hall–Kier alpha value is -2.50. The number of hydrogen-bond donors (Lipinski definition) is 2. The van der Waals surface area contributed by atoms with Gasteiger partial charge >= 0.3 is 0 Å². The normalized spacial score (nSPS) is 10.3. The number of aromatic nitrogens is 2. The van der Waals surface area contributed by atoms with Gasteiger partial charge in [0.15, 0.2) is 6.61 Å². The number of aryl methyl sites for hydroxylation is 1. The zero-order valence-corrected chi connectivity index (χ0v) is 11.9. The summed E-state index contributed by atoms with van der Waals surface area (Å²) in [4.78, 5) is 15.6. The van der Waals surface area contributed by atoms with Gasteiger partial charge in [-0.25, -0.2) is 4.98 Å². The maximum Gasteiger partial charge on any atom is 0.257 e. The first-order chi connectivity index (χ1) is 10.2. The van der Waals surface area contributed by atoms with E-state index in [1.807, 2.05) is 10.8 Å². The average Bonchev–Trinajstić information content (AvgIpc) is 2.99. The van der Waals surface area contributed by atoms with Crippen LogP contribution in [0.5, 0.6) is 5.75 Å². The predicted octanol–water partition coefficient (Wildman–Crippen LogP) is 1.44. The Labute approximate surface area is 123 Å². The molecule has 0 bridgehead atoms. The molecule has 0 saturated carbocycles. The third-order valence-electron chi connectivity index (χ3n) is 2.97. The van der Waals surface area contributed by atoms with Gasteiger partial charge in [-0.15, -0.1) is 0 Å². The van der Waals surface area contributed by atoms with Gasteiger partial charge in [-0.3, -0.25) is 4.79 Å². The van der Waals surface area contributed by atoms with E-state index in [4.69, 9.17) is 10.5 Å². The number of ether oxygens (including phenoxy) is 1. The molecule has 1 aromatic heterocycles. The maximum absolute atomic E-state index is 11.6. The molecule has 1 aromatic carbocycles. The second kappa shape index (κ2) is 7.94. The minimum atomic E-state index is -0.116. The second-order valence-electron chi connectivity index (χ2n) is 4.72. The van der Waals surface area contributed by atoms with E-state index >= 15 is 0 Å². The first-order valence-corrected chi connectivity index (χ1v) is 6.95. The van der Waals surface area contributed by atoms with Gasteiger partial charge in [-0.05, 0) is 37.1 Å². The van der Waals surface area contributed by atoms with Crippen LogP contribution in [0.4, 0.5) is 5.69 Å². The van der Waals surface area contributed by atoms with Crippen LogP contribution in [0, 0.1) is 0 Å². The summed E-state index contributed by atoms with van der Waals surface area (Å²) in [5, 5.41) is 2.83. The molecular weight excluding hydrogens is 268 g/mol. The van der Waals surface area contributed by atoms with Crippen LogP contribution in [0.15, 0.2) is 43.0 Å². The molecule has 21 heavy (non-hydrogen) atoms. The molecule has 1 heterocycles. The molecule has 0 fully saturated rings.